The molecule has 3 heterocycles. The second kappa shape index (κ2) is 8.74. The number of pyridine rings is 1. The Kier molecular flexibility index (Phi) is 5.91. The van der Waals surface area contributed by atoms with Crippen LogP contribution in [0.4, 0.5) is 5.82 Å². The van der Waals surface area contributed by atoms with Crippen LogP contribution >= 0.6 is 0 Å². The second-order valence-electron chi connectivity index (χ2n) is 8.05. The number of amides is 1. The van der Waals surface area contributed by atoms with E-state index in [9.17, 15) is 9.90 Å². The Labute approximate surface area is 167 Å². The fourth-order valence-electron chi connectivity index (χ4n) is 4.27. The van der Waals surface area contributed by atoms with Crippen molar-refractivity contribution in [3.63, 3.8) is 0 Å². The van der Waals surface area contributed by atoms with Gasteiger partial charge < -0.3 is 14.9 Å². The number of nitrogens with zero attached hydrogens (tertiary/aromatic N) is 3. The molecule has 2 aliphatic heterocycles. The Hall–Kier alpha value is -2.40. The zero-order valence-corrected chi connectivity index (χ0v) is 16.3. The Morgan fingerprint density at radius 1 is 1.04 bits per heavy atom. The van der Waals surface area contributed by atoms with Crippen molar-refractivity contribution in [1.82, 2.24) is 9.88 Å². The fraction of sp³-hybridized carbons (Fsp3) is 0.478. The maximum Gasteiger partial charge on any atom is 0.255 e. The second-order valence-corrected chi connectivity index (χ2v) is 8.05. The zero-order chi connectivity index (χ0) is 19.3. The van der Waals surface area contributed by atoms with Crippen LogP contribution in [-0.4, -0.2) is 53.2 Å². The lowest BCUT2D eigenvalue weighted by Crippen LogP contribution is -2.38. The SMILES string of the molecule is O=C(c1ccc(N2CC[C@H](O)C2)nc1)N1CCC(CCc2ccccc2)CC1. The van der Waals surface area contributed by atoms with Crippen LogP contribution in [-0.2, 0) is 6.42 Å². The summed E-state index contributed by atoms with van der Waals surface area (Å²) in [6.45, 7) is 3.10. The summed E-state index contributed by atoms with van der Waals surface area (Å²) < 4.78 is 0. The number of hydrogen-bond acceptors (Lipinski definition) is 4. The van der Waals surface area contributed by atoms with Crippen LogP contribution in [0.3, 0.4) is 0 Å². The normalized spacial score (nSPS) is 20.5. The number of carbonyl (C=O) groups is 1. The van der Waals surface area contributed by atoms with Gasteiger partial charge in [0.05, 0.1) is 11.7 Å². The summed E-state index contributed by atoms with van der Waals surface area (Å²) in [5.41, 5.74) is 2.06. The molecule has 1 aromatic carbocycles. The molecule has 2 aliphatic rings. The number of rotatable bonds is 5. The Bertz CT molecular complexity index is 770. The van der Waals surface area contributed by atoms with Crippen molar-refractivity contribution < 1.29 is 9.90 Å². The highest BCUT2D eigenvalue weighted by molar-refractivity contribution is 5.94. The molecule has 5 heteroatoms. The number of β-amino-alcohol motifs (C(OH)–C–C–N with tert-alkyl or cyclic N) is 1. The number of piperidine rings is 1. The number of benzene rings is 1. The van der Waals surface area contributed by atoms with Crippen LogP contribution in [0.15, 0.2) is 48.7 Å². The molecule has 0 saturated carbocycles. The van der Waals surface area contributed by atoms with Crippen LogP contribution in [0.5, 0.6) is 0 Å². The number of carbonyl (C=O) groups excluding carboxylic acids is 1. The largest absolute Gasteiger partial charge is 0.391 e. The average molecular weight is 380 g/mol. The molecule has 2 saturated heterocycles. The molecule has 148 valence electrons. The van der Waals surface area contributed by atoms with Crippen molar-refractivity contribution in [3.05, 3.63) is 59.8 Å². The van der Waals surface area contributed by atoms with Gasteiger partial charge in [-0.15, -0.1) is 0 Å². The van der Waals surface area contributed by atoms with E-state index in [-0.39, 0.29) is 12.0 Å². The topological polar surface area (TPSA) is 56.7 Å². The van der Waals surface area contributed by atoms with E-state index >= 15 is 0 Å². The first-order valence-electron chi connectivity index (χ1n) is 10.4. The molecular weight excluding hydrogens is 350 g/mol. The first kappa shape index (κ1) is 18.9. The lowest BCUT2D eigenvalue weighted by atomic mass is 9.90. The molecule has 1 N–H and O–H groups in total. The summed E-state index contributed by atoms with van der Waals surface area (Å²) >= 11 is 0. The van der Waals surface area contributed by atoms with Crippen molar-refractivity contribution >= 4 is 11.7 Å². The Morgan fingerprint density at radius 2 is 1.82 bits per heavy atom. The van der Waals surface area contributed by atoms with Gasteiger partial charge in [-0.1, -0.05) is 30.3 Å². The first-order chi connectivity index (χ1) is 13.7. The molecule has 1 aromatic heterocycles. The number of hydrogen-bond donors (Lipinski definition) is 1. The van der Waals surface area contributed by atoms with Gasteiger partial charge in [0, 0.05) is 32.4 Å². The highest BCUT2D eigenvalue weighted by atomic mass is 16.3. The Balaban J connectivity index is 1.26. The molecule has 1 amide bonds. The van der Waals surface area contributed by atoms with E-state index in [1.807, 2.05) is 17.0 Å². The standard InChI is InChI=1S/C23H29N3O2/c27-21-12-15-26(17-21)22-9-8-20(16-24-22)23(28)25-13-10-19(11-14-25)7-6-18-4-2-1-3-5-18/h1-5,8-9,16,19,21,27H,6-7,10-15,17H2/t21-/m0/s1. The monoisotopic (exact) mass is 379 g/mol. The van der Waals surface area contributed by atoms with E-state index < -0.39 is 0 Å². The lowest BCUT2D eigenvalue weighted by molar-refractivity contribution is 0.0686. The van der Waals surface area contributed by atoms with E-state index in [2.05, 4.69) is 40.2 Å². The molecule has 4 rings (SSSR count). The van der Waals surface area contributed by atoms with Crippen LogP contribution in [0, 0.1) is 5.92 Å². The summed E-state index contributed by atoms with van der Waals surface area (Å²) in [6.07, 6.45) is 6.67. The van der Waals surface area contributed by atoms with E-state index in [0.29, 0.717) is 18.0 Å². The van der Waals surface area contributed by atoms with Gasteiger partial charge in [-0.3, -0.25) is 4.79 Å². The summed E-state index contributed by atoms with van der Waals surface area (Å²) in [5.74, 6) is 1.63. The van der Waals surface area contributed by atoms with Crippen molar-refractivity contribution in [2.24, 2.45) is 5.92 Å². The summed E-state index contributed by atoms with van der Waals surface area (Å²) in [4.78, 5) is 21.3. The number of anilines is 1. The molecule has 1 atom stereocenters. The quantitative estimate of drug-likeness (QED) is 0.867. The highest BCUT2D eigenvalue weighted by Gasteiger charge is 2.25. The van der Waals surface area contributed by atoms with Crippen LogP contribution in [0.2, 0.25) is 0 Å². The van der Waals surface area contributed by atoms with Crippen molar-refractivity contribution in [2.45, 2.75) is 38.2 Å². The molecule has 0 spiro atoms. The molecule has 28 heavy (non-hydrogen) atoms. The fourth-order valence-corrected chi connectivity index (χ4v) is 4.27. The van der Waals surface area contributed by atoms with Crippen molar-refractivity contribution in [2.75, 3.05) is 31.1 Å². The van der Waals surface area contributed by atoms with Crippen molar-refractivity contribution in [3.8, 4) is 0 Å². The predicted octanol–water partition coefficient (Wildman–Crippen LogP) is 3.14. The van der Waals surface area contributed by atoms with Gasteiger partial charge in [0.25, 0.3) is 5.91 Å². The average Bonchev–Trinajstić information content (AvgIpc) is 3.19. The highest BCUT2D eigenvalue weighted by Crippen LogP contribution is 2.24. The van der Waals surface area contributed by atoms with Gasteiger partial charge in [-0.25, -0.2) is 4.98 Å². The minimum Gasteiger partial charge on any atom is -0.391 e. The smallest absolute Gasteiger partial charge is 0.255 e. The van der Waals surface area contributed by atoms with Crippen LogP contribution in [0.25, 0.3) is 0 Å². The van der Waals surface area contributed by atoms with Gasteiger partial charge >= 0.3 is 0 Å². The molecule has 0 unspecified atom stereocenters. The van der Waals surface area contributed by atoms with Gasteiger partial charge in [0.2, 0.25) is 0 Å². The van der Waals surface area contributed by atoms with E-state index in [1.54, 1.807) is 6.20 Å². The third-order valence-corrected chi connectivity index (χ3v) is 6.07. The maximum absolute atomic E-state index is 12.8. The van der Waals surface area contributed by atoms with E-state index in [0.717, 1.165) is 51.1 Å². The third kappa shape index (κ3) is 4.53. The number of aryl methyl sites for hydroxylation is 1. The molecular formula is C23H29N3O2. The number of aromatic nitrogens is 1. The molecule has 5 nitrogen and oxygen atoms in total. The van der Waals surface area contributed by atoms with Crippen molar-refractivity contribution in [1.29, 1.82) is 0 Å². The number of aliphatic hydroxyl groups excluding tert-OH is 1. The third-order valence-electron chi connectivity index (χ3n) is 6.07. The molecule has 2 fully saturated rings. The number of likely N-dealkylation sites (tertiary alicyclic amines) is 1. The predicted molar refractivity (Wildman–Crippen MR) is 110 cm³/mol. The summed E-state index contributed by atoms with van der Waals surface area (Å²) in [5, 5.41) is 9.67. The Morgan fingerprint density at radius 3 is 2.46 bits per heavy atom. The van der Waals surface area contributed by atoms with Gasteiger partial charge in [0.1, 0.15) is 5.82 Å². The zero-order valence-electron chi connectivity index (χ0n) is 16.3. The van der Waals surface area contributed by atoms with Gasteiger partial charge in [-0.2, -0.15) is 0 Å². The summed E-state index contributed by atoms with van der Waals surface area (Å²) in [7, 11) is 0. The van der Waals surface area contributed by atoms with Gasteiger partial charge in [-0.05, 0) is 55.7 Å². The molecule has 2 aromatic rings. The number of aliphatic hydroxyl groups is 1. The van der Waals surface area contributed by atoms with E-state index in [1.165, 1.54) is 12.0 Å². The summed E-state index contributed by atoms with van der Waals surface area (Å²) in [6, 6.07) is 14.4. The lowest BCUT2D eigenvalue weighted by Gasteiger charge is -2.32. The van der Waals surface area contributed by atoms with Crippen LogP contribution < -0.4 is 4.90 Å². The minimum absolute atomic E-state index is 0.0852. The molecule has 0 aliphatic carbocycles. The van der Waals surface area contributed by atoms with Gasteiger partial charge in [0.15, 0.2) is 0 Å². The maximum atomic E-state index is 12.8. The molecule has 0 bridgehead atoms. The first-order valence-corrected chi connectivity index (χ1v) is 10.4. The van der Waals surface area contributed by atoms with E-state index in [4.69, 9.17) is 0 Å². The van der Waals surface area contributed by atoms with Crippen LogP contribution in [0.1, 0.15) is 41.6 Å². The minimum atomic E-state index is -0.272. The molecule has 0 radical (unpaired) electrons.